The molecule has 124 valence electrons. The Balaban J connectivity index is 1.75. The lowest BCUT2D eigenvalue weighted by Crippen LogP contribution is -2.12. The van der Waals surface area contributed by atoms with E-state index in [1.807, 2.05) is 18.2 Å². The van der Waals surface area contributed by atoms with Gasteiger partial charge >= 0.3 is 0 Å². The van der Waals surface area contributed by atoms with Gasteiger partial charge in [0.15, 0.2) is 4.34 Å². The van der Waals surface area contributed by atoms with Crippen molar-refractivity contribution in [3.05, 3.63) is 53.1 Å². The van der Waals surface area contributed by atoms with Crippen molar-refractivity contribution in [2.75, 3.05) is 11.1 Å². The Labute approximate surface area is 154 Å². The van der Waals surface area contributed by atoms with Crippen LogP contribution in [0, 0.1) is 0 Å². The number of hydrogen-bond donors (Lipinski definition) is 1. The van der Waals surface area contributed by atoms with Crippen molar-refractivity contribution < 1.29 is 4.79 Å². The minimum absolute atomic E-state index is 0.206. The topological polar surface area (TPSA) is 42.0 Å². The van der Waals surface area contributed by atoms with E-state index in [1.165, 1.54) is 12.8 Å². The van der Waals surface area contributed by atoms with Crippen molar-refractivity contribution in [1.82, 2.24) is 4.98 Å². The number of nitrogens with one attached hydrogen (secondary N) is 1. The van der Waals surface area contributed by atoms with E-state index < -0.39 is 0 Å². The number of rotatable bonds is 6. The van der Waals surface area contributed by atoms with Crippen LogP contribution < -0.4 is 5.32 Å². The smallest absolute Gasteiger partial charge is 0.257 e. The molecule has 0 spiro atoms. The number of unbranched alkanes of at least 4 members (excludes halogenated alkanes) is 1. The van der Waals surface area contributed by atoms with Gasteiger partial charge in [0.2, 0.25) is 0 Å². The highest BCUT2D eigenvalue weighted by Gasteiger charge is 2.11. The molecule has 3 nitrogen and oxygen atoms in total. The van der Waals surface area contributed by atoms with Crippen molar-refractivity contribution in [3.63, 3.8) is 0 Å². The molecular weight excluding hydrogens is 360 g/mol. The maximum atomic E-state index is 12.3. The predicted molar refractivity (Wildman–Crippen MR) is 105 cm³/mol. The maximum Gasteiger partial charge on any atom is 0.257 e. The molecule has 0 aliphatic carbocycles. The van der Waals surface area contributed by atoms with Gasteiger partial charge in [0.05, 0.1) is 20.8 Å². The number of halogens is 1. The van der Waals surface area contributed by atoms with E-state index in [0.717, 1.165) is 26.0 Å². The fourth-order valence-electron chi connectivity index (χ4n) is 2.19. The number of benzene rings is 2. The Hall–Kier alpha value is -1.56. The fourth-order valence-corrected chi connectivity index (χ4v) is 4.67. The van der Waals surface area contributed by atoms with Gasteiger partial charge in [-0.2, -0.15) is 0 Å². The second-order valence-corrected chi connectivity index (χ2v) is 8.08. The molecule has 0 atom stereocenters. The fraction of sp³-hybridized carbons (Fsp3) is 0.222. The molecule has 1 aromatic heterocycles. The number of nitrogens with zero attached hydrogens (tertiary/aromatic N) is 1. The van der Waals surface area contributed by atoms with Crippen LogP contribution in [-0.2, 0) is 0 Å². The third kappa shape index (κ3) is 4.09. The molecule has 0 saturated heterocycles. The van der Waals surface area contributed by atoms with Gasteiger partial charge in [-0.3, -0.25) is 4.79 Å². The number of hydrogen-bond acceptors (Lipinski definition) is 4. The van der Waals surface area contributed by atoms with Crippen molar-refractivity contribution in [3.8, 4) is 0 Å². The van der Waals surface area contributed by atoms with Crippen LogP contribution in [0.25, 0.3) is 10.2 Å². The van der Waals surface area contributed by atoms with E-state index in [1.54, 1.807) is 47.4 Å². The highest BCUT2D eigenvalue weighted by atomic mass is 35.5. The molecule has 3 aromatic rings. The monoisotopic (exact) mass is 376 g/mol. The Kier molecular flexibility index (Phi) is 5.76. The molecule has 0 radical (unpaired) electrons. The molecule has 6 heteroatoms. The third-order valence-corrected chi connectivity index (χ3v) is 6.05. The lowest BCUT2D eigenvalue weighted by molar-refractivity contribution is 0.102. The molecule has 24 heavy (non-hydrogen) atoms. The quantitative estimate of drug-likeness (QED) is 0.417. The number of carbonyl (C=O) groups is 1. The van der Waals surface area contributed by atoms with E-state index in [4.69, 9.17) is 11.6 Å². The summed E-state index contributed by atoms with van der Waals surface area (Å²) >= 11 is 9.53. The number of thiazole rings is 1. The van der Waals surface area contributed by atoms with Crippen molar-refractivity contribution in [2.45, 2.75) is 24.1 Å². The van der Waals surface area contributed by atoms with Crippen LogP contribution in [0.1, 0.15) is 30.1 Å². The minimum atomic E-state index is -0.206. The molecule has 1 heterocycles. The molecule has 0 fully saturated rings. The SMILES string of the molecule is CCCCSc1nc2ccc(NC(=O)c3ccccc3Cl)cc2s1. The van der Waals surface area contributed by atoms with Gasteiger partial charge in [-0.25, -0.2) is 4.98 Å². The van der Waals surface area contributed by atoms with Gasteiger partial charge in [0.25, 0.3) is 5.91 Å². The summed E-state index contributed by atoms with van der Waals surface area (Å²) < 4.78 is 2.15. The van der Waals surface area contributed by atoms with E-state index in [2.05, 4.69) is 17.2 Å². The summed E-state index contributed by atoms with van der Waals surface area (Å²) in [5.74, 6) is 0.883. The molecule has 2 aromatic carbocycles. The van der Waals surface area contributed by atoms with Crippen molar-refractivity contribution in [1.29, 1.82) is 0 Å². The van der Waals surface area contributed by atoms with Crippen molar-refractivity contribution in [2.24, 2.45) is 0 Å². The van der Waals surface area contributed by atoms with Gasteiger partial charge in [0.1, 0.15) is 0 Å². The van der Waals surface area contributed by atoms with Crippen LogP contribution in [-0.4, -0.2) is 16.6 Å². The summed E-state index contributed by atoms with van der Waals surface area (Å²) in [6.07, 6.45) is 2.38. The van der Waals surface area contributed by atoms with Gasteiger partial charge < -0.3 is 5.32 Å². The number of thioether (sulfide) groups is 1. The zero-order valence-electron chi connectivity index (χ0n) is 13.2. The highest BCUT2D eigenvalue weighted by molar-refractivity contribution is 8.01. The average molecular weight is 377 g/mol. The number of carbonyl (C=O) groups excluding carboxylic acids is 1. The average Bonchev–Trinajstić information content (AvgIpc) is 2.97. The van der Waals surface area contributed by atoms with Crippen LogP contribution in [0.2, 0.25) is 5.02 Å². The molecule has 0 unspecified atom stereocenters. The summed E-state index contributed by atoms with van der Waals surface area (Å²) in [6.45, 7) is 2.19. The van der Waals surface area contributed by atoms with Gasteiger partial charge in [-0.15, -0.1) is 11.3 Å². The van der Waals surface area contributed by atoms with Crippen molar-refractivity contribution >= 4 is 56.5 Å². The first-order chi connectivity index (χ1) is 11.7. The third-order valence-electron chi connectivity index (χ3n) is 3.47. The molecule has 0 saturated carbocycles. The molecule has 3 rings (SSSR count). The summed E-state index contributed by atoms with van der Waals surface area (Å²) in [7, 11) is 0. The summed E-state index contributed by atoms with van der Waals surface area (Å²) in [6, 6.07) is 12.8. The van der Waals surface area contributed by atoms with Gasteiger partial charge in [0, 0.05) is 11.4 Å². The second kappa shape index (κ2) is 8.01. The first kappa shape index (κ1) is 17.3. The van der Waals surface area contributed by atoms with Gasteiger partial charge in [-0.1, -0.05) is 48.8 Å². The largest absolute Gasteiger partial charge is 0.322 e. The Bertz CT molecular complexity index is 863. The maximum absolute atomic E-state index is 12.3. The van der Waals surface area contributed by atoms with Crippen LogP contribution in [0.15, 0.2) is 46.8 Å². The summed E-state index contributed by atoms with van der Waals surface area (Å²) in [5.41, 5.74) is 2.19. The van der Waals surface area contributed by atoms with Crippen LogP contribution in [0.3, 0.4) is 0 Å². The zero-order chi connectivity index (χ0) is 16.9. The lowest BCUT2D eigenvalue weighted by atomic mass is 10.2. The Morgan fingerprint density at radius 2 is 2.12 bits per heavy atom. The van der Waals surface area contributed by atoms with Crippen LogP contribution in [0.5, 0.6) is 0 Å². The number of amides is 1. The van der Waals surface area contributed by atoms with E-state index in [0.29, 0.717) is 10.6 Å². The van der Waals surface area contributed by atoms with Gasteiger partial charge in [-0.05, 0) is 36.8 Å². The number of fused-ring (bicyclic) bond motifs is 1. The normalized spacial score (nSPS) is 10.9. The van der Waals surface area contributed by atoms with E-state index in [9.17, 15) is 4.79 Å². The van der Waals surface area contributed by atoms with E-state index in [-0.39, 0.29) is 5.91 Å². The molecule has 0 bridgehead atoms. The minimum Gasteiger partial charge on any atom is -0.322 e. The predicted octanol–water partition coefficient (Wildman–Crippen LogP) is 6.09. The Morgan fingerprint density at radius 1 is 1.29 bits per heavy atom. The Morgan fingerprint density at radius 3 is 2.92 bits per heavy atom. The molecular formula is C18H17ClN2OS2. The number of anilines is 1. The molecule has 0 aliphatic rings. The first-order valence-electron chi connectivity index (χ1n) is 7.76. The zero-order valence-corrected chi connectivity index (χ0v) is 15.6. The molecule has 1 amide bonds. The lowest BCUT2D eigenvalue weighted by Gasteiger charge is -2.06. The van der Waals surface area contributed by atoms with E-state index >= 15 is 0 Å². The highest BCUT2D eigenvalue weighted by Crippen LogP contribution is 2.32. The number of aromatic nitrogens is 1. The second-order valence-electron chi connectivity index (χ2n) is 5.30. The van der Waals surface area contributed by atoms with Crippen LogP contribution in [0.4, 0.5) is 5.69 Å². The summed E-state index contributed by atoms with van der Waals surface area (Å²) in [4.78, 5) is 17.0. The standard InChI is InChI=1S/C18H17ClN2OS2/c1-2-3-10-23-18-21-15-9-8-12(11-16(15)24-18)20-17(22)13-6-4-5-7-14(13)19/h4-9,11H,2-3,10H2,1H3,(H,20,22). The first-order valence-corrected chi connectivity index (χ1v) is 9.94. The molecule has 0 aliphatic heterocycles. The van der Waals surface area contributed by atoms with Crippen LogP contribution >= 0.6 is 34.7 Å². The molecule has 1 N–H and O–H groups in total. The summed E-state index contributed by atoms with van der Waals surface area (Å²) in [5, 5.41) is 3.35.